The first-order valence-electron chi connectivity index (χ1n) is 7.13. The van der Waals surface area contributed by atoms with Gasteiger partial charge in [0.25, 0.3) is 0 Å². The summed E-state index contributed by atoms with van der Waals surface area (Å²) >= 11 is 3.58. The third kappa shape index (κ3) is 4.32. The summed E-state index contributed by atoms with van der Waals surface area (Å²) in [6.45, 7) is 8.82. The van der Waals surface area contributed by atoms with Crippen LogP contribution in [-0.2, 0) is 11.3 Å². The number of benzene rings is 1. The number of likely N-dealkylation sites (tertiary alicyclic amines) is 1. The Kier molecular flexibility index (Phi) is 4.86. The fourth-order valence-electron chi connectivity index (χ4n) is 2.53. The zero-order valence-corrected chi connectivity index (χ0v) is 14.0. The van der Waals surface area contributed by atoms with Crippen LogP contribution in [0.5, 0.6) is 0 Å². The zero-order chi connectivity index (χ0) is 14.8. The van der Waals surface area contributed by atoms with E-state index in [9.17, 15) is 4.79 Å². The van der Waals surface area contributed by atoms with E-state index in [1.165, 1.54) is 5.56 Å². The third-order valence-corrected chi connectivity index (χ3v) is 4.27. The Bertz CT molecular complexity index is 482. The highest BCUT2D eigenvalue weighted by Crippen LogP contribution is 2.23. The predicted molar refractivity (Wildman–Crippen MR) is 85.4 cm³/mol. The number of hydrogen-bond donors (Lipinski definition) is 1. The van der Waals surface area contributed by atoms with Gasteiger partial charge in [-0.05, 0) is 45.4 Å². The molecule has 0 bridgehead atoms. The number of nitrogens with one attached hydrogen (secondary N) is 1. The number of nitrogens with zero attached hydrogens (tertiary/aromatic N) is 1. The molecular weight excluding hydrogens is 316 g/mol. The highest BCUT2D eigenvalue weighted by molar-refractivity contribution is 9.10. The molecule has 0 aromatic heterocycles. The van der Waals surface area contributed by atoms with Crippen molar-refractivity contribution < 1.29 is 4.79 Å². The van der Waals surface area contributed by atoms with Crippen LogP contribution in [0.15, 0.2) is 28.7 Å². The van der Waals surface area contributed by atoms with Crippen molar-refractivity contribution in [3.8, 4) is 0 Å². The summed E-state index contributed by atoms with van der Waals surface area (Å²) in [7, 11) is 0. The topological polar surface area (TPSA) is 32.3 Å². The van der Waals surface area contributed by atoms with E-state index in [0.717, 1.165) is 30.5 Å². The maximum atomic E-state index is 12.2. The molecule has 0 spiro atoms. The van der Waals surface area contributed by atoms with E-state index in [1.807, 2.05) is 26.8 Å². The van der Waals surface area contributed by atoms with Crippen LogP contribution in [0, 0.1) is 5.92 Å². The maximum absolute atomic E-state index is 12.2. The van der Waals surface area contributed by atoms with E-state index in [0.29, 0.717) is 0 Å². The van der Waals surface area contributed by atoms with Gasteiger partial charge in [0, 0.05) is 23.1 Å². The fourth-order valence-corrected chi connectivity index (χ4v) is 2.94. The lowest BCUT2D eigenvalue weighted by molar-refractivity contribution is -0.126. The quantitative estimate of drug-likeness (QED) is 0.917. The monoisotopic (exact) mass is 338 g/mol. The first-order chi connectivity index (χ1) is 9.35. The van der Waals surface area contributed by atoms with E-state index < -0.39 is 0 Å². The van der Waals surface area contributed by atoms with E-state index in [-0.39, 0.29) is 17.4 Å². The van der Waals surface area contributed by atoms with Gasteiger partial charge in [-0.1, -0.05) is 34.1 Å². The van der Waals surface area contributed by atoms with Gasteiger partial charge in [0.1, 0.15) is 0 Å². The minimum Gasteiger partial charge on any atom is -0.351 e. The maximum Gasteiger partial charge on any atom is 0.224 e. The molecular formula is C16H23BrN2O. The van der Waals surface area contributed by atoms with Crippen molar-refractivity contribution >= 4 is 21.8 Å². The zero-order valence-electron chi connectivity index (χ0n) is 12.4. The molecule has 1 fully saturated rings. The molecule has 20 heavy (non-hydrogen) atoms. The van der Waals surface area contributed by atoms with Crippen LogP contribution in [0.2, 0.25) is 0 Å². The van der Waals surface area contributed by atoms with Gasteiger partial charge < -0.3 is 5.32 Å². The number of amides is 1. The van der Waals surface area contributed by atoms with Gasteiger partial charge in [-0.3, -0.25) is 9.69 Å². The second-order valence-corrected chi connectivity index (χ2v) is 7.41. The van der Waals surface area contributed by atoms with Gasteiger partial charge >= 0.3 is 0 Å². The summed E-state index contributed by atoms with van der Waals surface area (Å²) < 4.78 is 1.14. The molecule has 1 atom stereocenters. The standard InChI is InChI=1S/C16H23BrN2O/c1-16(2,3)18-15(20)13-8-9-19(11-13)10-12-6-4-5-7-14(12)17/h4-7,13H,8-11H2,1-3H3,(H,18,20). The van der Waals surface area contributed by atoms with Gasteiger partial charge in [0.05, 0.1) is 5.92 Å². The van der Waals surface area contributed by atoms with Gasteiger partial charge in [-0.15, -0.1) is 0 Å². The Labute approximate surface area is 129 Å². The number of carbonyl (C=O) groups excluding carboxylic acids is 1. The van der Waals surface area contributed by atoms with Crippen molar-refractivity contribution in [1.29, 1.82) is 0 Å². The second-order valence-electron chi connectivity index (χ2n) is 6.55. The molecule has 1 N–H and O–H groups in total. The number of hydrogen-bond acceptors (Lipinski definition) is 2. The molecule has 2 rings (SSSR count). The van der Waals surface area contributed by atoms with Crippen molar-refractivity contribution in [3.05, 3.63) is 34.3 Å². The molecule has 110 valence electrons. The third-order valence-electron chi connectivity index (χ3n) is 3.49. The highest BCUT2D eigenvalue weighted by Gasteiger charge is 2.30. The molecule has 0 saturated carbocycles. The molecule has 1 aromatic rings. The van der Waals surface area contributed by atoms with E-state index in [2.05, 4.69) is 44.3 Å². The minimum absolute atomic E-state index is 0.122. The Morgan fingerprint density at radius 3 is 2.75 bits per heavy atom. The Hall–Kier alpha value is -0.870. The summed E-state index contributed by atoms with van der Waals surface area (Å²) in [5.74, 6) is 0.309. The molecule has 1 amide bonds. The first kappa shape index (κ1) is 15.5. The van der Waals surface area contributed by atoms with Gasteiger partial charge in [0.15, 0.2) is 0 Å². The van der Waals surface area contributed by atoms with Gasteiger partial charge in [-0.25, -0.2) is 0 Å². The van der Waals surface area contributed by atoms with Gasteiger partial charge in [0.2, 0.25) is 5.91 Å². The molecule has 0 aliphatic carbocycles. The molecule has 0 radical (unpaired) electrons. The lowest BCUT2D eigenvalue weighted by Gasteiger charge is -2.23. The van der Waals surface area contributed by atoms with Crippen LogP contribution in [0.25, 0.3) is 0 Å². The van der Waals surface area contributed by atoms with Crippen LogP contribution in [-0.4, -0.2) is 29.4 Å². The lowest BCUT2D eigenvalue weighted by atomic mass is 10.0. The van der Waals surface area contributed by atoms with Crippen molar-refractivity contribution in [1.82, 2.24) is 10.2 Å². The SMILES string of the molecule is CC(C)(C)NC(=O)C1CCN(Cc2ccccc2Br)C1. The summed E-state index contributed by atoms with van der Waals surface area (Å²) in [5, 5.41) is 3.08. The molecule has 1 unspecified atom stereocenters. The molecule has 1 saturated heterocycles. The number of halogens is 1. The Balaban J connectivity index is 1.90. The Morgan fingerprint density at radius 1 is 1.40 bits per heavy atom. The minimum atomic E-state index is -0.146. The van der Waals surface area contributed by atoms with Crippen LogP contribution < -0.4 is 5.32 Å². The molecule has 1 aliphatic heterocycles. The molecule has 1 aliphatic rings. The highest BCUT2D eigenvalue weighted by atomic mass is 79.9. The van der Waals surface area contributed by atoms with Crippen LogP contribution in [0.4, 0.5) is 0 Å². The number of rotatable bonds is 3. The average Bonchev–Trinajstić information content (AvgIpc) is 2.79. The molecule has 1 aromatic carbocycles. The van der Waals surface area contributed by atoms with Crippen LogP contribution in [0.3, 0.4) is 0 Å². The van der Waals surface area contributed by atoms with Gasteiger partial charge in [-0.2, -0.15) is 0 Å². The van der Waals surface area contributed by atoms with Crippen LogP contribution >= 0.6 is 15.9 Å². The smallest absolute Gasteiger partial charge is 0.224 e. The largest absolute Gasteiger partial charge is 0.351 e. The van der Waals surface area contributed by atoms with Crippen molar-refractivity contribution in [2.45, 2.75) is 39.3 Å². The average molecular weight is 339 g/mol. The molecule has 1 heterocycles. The van der Waals surface area contributed by atoms with E-state index in [1.54, 1.807) is 0 Å². The summed E-state index contributed by atoms with van der Waals surface area (Å²) in [5.41, 5.74) is 1.14. The molecule has 4 heteroatoms. The second kappa shape index (κ2) is 6.27. The first-order valence-corrected chi connectivity index (χ1v) is 7.92. The number of carbonyl (C=O) groups is 1. The molecule has 3 nitrogen and oxygen atoms in total. The van der Waals surface area contributed by atoms with Crippen LogP contribution in [0.1, 0.15) is 32.8 Å². The van der Waals surface area contributed by atoms with E-state index in [4.69, 9.17) is 0 Å². The normalized spacial score (nSPS) is 20.1. The van der Waals surface area contributed by atoms with Crippen molar-refractivity contribution in [2.24, 2.45) is 5.92 Å². The summed E-state index contributed by atoms with van der Waals surface area (Å²) in [6.07, 6.45) is 0.951. The van der Waals surface area contributed by atoms with Crippen molar-refractivity contribution in [2.75, 3.05) is 13.1 Å². The fraction of sp³-hybridized carbons (Fsp3) is 0.562. The van der Waals surface area contributed by atoms with Crippen molar-refractivity contribution in [3.63, 3.8) is 0 Å². The lowest BCUT2D eigenvalue weighted by Crippen LogP contribution is -2.44. The van der Waals surface area contributed by atoms with E-state index >= 15 is 0 Å². The predicted octanol–water partition coefficient (Wildman–Crippen LogP) is 3.19. The summed E-state index contributed by atoms with van der Waals surface area (Å²) in [6, 6.07) is 8.28. The summed E-state index contributed by atoms with van der Waals surface area (Å²) in [4.78, 5) is 14.5. The Morgan fingerprint density at radius 2 is 2.10 bits per heavy atom.